The first-order valence-electron chi connectivity index (χ1n) is 5.38. The van der Waals surface area contributed by atoms with Crippen molar-refractivity contribution in [3.63, 3.8) is 0 Å². The molecule has 3 N–H and O–H groups in total. The summed E-state index contributed by atoms with van der Waals surface area (Å²) < 4.78 is 5.45. The highest BCUT2D eigenvalue weighted by atomic mass is 16.5. The molecule has 1 rings (SSSR count). The van der Waals surface area contributed by atoms with Crippen LogP contribution in [0.15, 0.2) is 24.3 Å². The maximum absolute atomic E-state index is 5.54. The molecule has 1 atom stereocenters. The van der Waals surface area contributed by atoms with E-state index in [-0.39, 0.29) is 6.04 Å². The predicted octanol–water partition coefficient (Wildman–Crippen LogP) is 2.25. The van der Waals surface area contributed by atoms with Crippen LogP contribution >= 0.6 is 0 Å². The van der Waals surface area contributed by atoms with Gasteiger partial charge in [0.05, 0.1) is 6.61 Å². The summed E-state index contributed by atoms with van der Waals surface area (Å²) in [7, 11) is 0. The zero-order valence-corrected chi connectivity index (χ0v) is 9.66. The molecule has 0 fully saturated rings. The van der Waals surface area contributed by atoms with Gasteiger partial charge in [0, 0.05) is 6.04 Å². The molecule has 3 heteroatoms. The van der Waals surface area contributed by atoms with Crippen LogP contribution in [-0.4, -0.2) is 6.61 Å². The van der Waals surface area contributed by atoms with Gasteiger partial charge in [-0.25, -0.2) is 0 Å². The molecule has 0 amide bonds. The van der Waals surface area contributed by atoms with Gasteiger partial charge in [-0.3, -0.25) is 11.3 Å². The molecule has 0 aliphatic heterocycles. The number of benzene rings is 1. The molecule has 0 aromatic heterocycles. The van der Waals surface area contributed by atoms with Gasteiger partial charge < -0.3 is 4.74 Å². The largest absolute Gasteiger partial charge is 0.494 e. The summed E-state index contributed by atoms with van der Waals surface area (Å²) in [6.45, 7) is 6.94. The number of ether oxygens (including phenoxy) is 1. The average molecular weight is 208 g/mol. The predicted molar refractivity (Wildman–Crippen MR) is 62.5 cm³/mol. The molecule has 1 aromatic carbocycles. The Hall–Kier alpha value is -1.06. The first kappa shape index (κ1) is 12.0. The SMILES string of the molecule is CCOc1cccc(C(NN)C(C)C)c1. The topological polar surface area (TPSA) is 47.3 Å². The highest BCUT2D eigenvalue weighted by molar-refractivity contribution is 5.30. The Morgan fingerprint density at radius 1 is 1.40 bits per heavy atom. The number of rotatable bonds is 5. The molecule has 15 heavy (non-hydrogen) atoms. The maximum atomic E-state index is 5.54. The van der Waals surface area contributed by atoms with Gasteiger partial charge in [0.1, 0.15) is 5.75 Å². The second-order valence-electron chi connectivity index (χ2n) is 3.89. The quantitative estimate of drug-likeness (QED) is 0.576. The molecule has 1 unspecified atom stereocenters. The van der Waals surface area contributed by atoms with Crippen LogP contribution in [0.3, 0.4) is 0 Å². The summed E-state index contributed by atoms with van der Waals surface area (Å²) in [5.74, 6) is 6.89. The molecule has 1 aromatic rings. The number of nitrogens with two attached hydrogens (primary N) is 1. The Balaban J connectivity index is 2.87. The van der Waals surface area contributed by atoms with E-state index in [1.165, 1.54) is 5.56 Å². The van der Waals surface area contributed by atoms with Crippen LogP contribution in [0.5, 0.6) is 5.75 Å². The second kappa shape index (κ2) is 5.73. The molecular weight excluding hydrogens is 188 g/mol. The van der Waals surface area contributed by atoms with E-state index in [4.69, 9.17) is 10.6 Å². The van der Waals surface area contributed by atoms with Gasteiger partial charge in [-0.1, -0.05) is 26.0 Å². The summed E-state index contributed by atoms with van der Waals surface area (Å²) in [6, 6.07) is 8.22. The lowest BCUT2D eigenvalue weighted by molar-refractivity contribution is 0.338. The lowest BCUT2D eigenvalue weighted by atomic mass is 9.97. The highest BCUT2D eigenvalue weighted by Crippen LogP contribution is 2.24. The van der Waals surface area contributed by atoms with Crippen molar-refractivity contribution in [3.05, 3.63) is 29.8 Å². The summed E-state index contributed by atoms with van der Waals surface area (Å²) in [6.07, 6.45) is 0. The minimum atomic E-state index is 0.172. The molecule has 0 saturated carbocycles. The van der Waals surface area contributed by atoms with Crippen molar-refractivity contribution in [2.24, 2.45) is 11.8 Å². The van der Waals surface area contributed by atoms with Crippen LogP contribution in [0.2, 0.25) is 0 Å². The fourth-order valence-corrected chi connectivity index (χ4v) is 1.64. The number of hydrazine groups is 1. The third-order valence-electron chi connectivity index (χ3n) is 2.37. The van der Waals surface area contributed by atoms with Crippen molar-refractivity contribution >= 4 is 0 Å². The Morgan fingerprint density at radius 3 is 2.67 bits per heavy atom. The van der Waals surface area contributed by atoms with Crippen LogP contribution in [0.4, 0.5) is 0 Å². The van der Waals surface area contributed by atoms with Crippen molar-refractivity contribution in [2.75, 3.05) is 6.61 Å². The summed E-state index contributed by atoms with van der Waals surface area (Å²) in [4.78, 5) is 0. The standard InChI is InChI=1S/C12H20N2O/c1-4-15-11-7-5-6-10(8-11)12(14-13)9(2)3/h5-9,12,14H,4,13H2,1-3H3. The van der Waals surface area contributed by atoms with Gasteiger partial charge in [0.2, 0.25) is 0 Å². The molecule has 84 valence electrons. The molecule has 0 saturated heterocycles. The number of nitrogens with one attached hydrogen (secondary N) is 1. The lowest BCUT2D eigenvalue weighted by Crippen LogP contribution is -2.31. The first-order valence-corrected chi connectivity index (χ1v) is 5.38. The van der Waals surface area contributed by atoms with Gasteiger partial charge in [-0.15, -0.1) is 0 Å². The first-order chi connectivity index (χ1) is 7.19. The highest BCUT2D eigenvalue weighted by Gasteiger charge is 2.13. The maximum Gasteiger partial charge on any atom is 0.119 e. The smallest absolute Gasteiger partial charge is 0.119 e. The Labute approximate surface area is 91.6 Å². The minimum absolute atomic E-state index is 0.172. The summed E-state index contributed by atoms with van der Waals surface area (Å²) in [5.41, 5.74) is 4.00. The fraction of sp³-hybridized carbons (Fsp3) is 0.500. The van der Waals surface area contributed by atoms with E-state index in [0.29, 0.717) is 12.5 Å². The van der Waals surface area contributed by atoms with Gasteiger partial charge in [0.15, 0.2) is 0 Å². The van der Waals surface area contributed by atoms with Gasteiger partial charge in [-0.2, -0.15) is 0 Å². The van der Waals surface area contributed by atoms with E-state index in [0.717, 1.165) is 5.75 Å². The van der Waals surface area contributed by atoms with Crippen molar-refractivity contribution in [1.82, 2.24) is 5.43 Å². The van der Waals surface area contributed by atoms with Gasteiger partial charge in [0.25, 0.3) is 0 Å². The molecule has 0 aliphatic carbocycles. The molecule has 0 radical (unpaired) electrons. The van der Waals surface area contributed by atoms with Crippen molar-refractivity contribution in [2.45, 2.75) is 26.8 Å². The van der Waals surface area contributed by atoms with E-state index < -0.39 is 0 Å². The molecule has 0 spiro atoms. The summed E-state index contributed by atoms with van der Waals surface area (Å²) >= 11 is 0. The number of hydrogen-bond donors (Lipinski definition) is 2. The molecular formula is C12H20N2O. The zero-order chi connectivity index (χ0) is 11.3. The zero-order valence-electron chi connectivity index (χ0n) is 9.66. The normalized spacial score (nSPS) is 12.9. The Morgan fingerprint density at radius 2 is 2.13 bits per heavy atom. The third kappa shape index (κ3) is 3.22. The van der Waals surface area contributed by atoms with E-state index >= 15 is 0 Å². The molecule has 0 aliphatic rings. The van der Waals surface area contributed by atoms with Crippen molar-refractivity contribution in [1.29, 1.82) is 0 Å². The molecule has 3 nitrogen and oxygen atoms in total. The Kier molecular flexibility index (Phi) is 4.59. The molecule has 0 bridgehead atoms. The fourth-order valence-electron chi connectivity index (χ4n) is 1.64. The van der Waals surface area contributed by atoms with Crippen LogP contribution in [0, 0.1) is 5.92 Å². The van der Waals surface area contributed by atoms with Gasteiger partial charge in [-0.05, 0) is 30.5 Å². The average Bonchev–Trinajstić information content (AvgIpc) is 2.19. The van der Waals surface area contributed by atoms with Crippen LogP contribution in [0.1, 0.15) is 32.4 Å². The monoisotopic (exact) mass is 208 g/mol. The van der Waals surface area contributed by atoms with Crippen LogP contribution in [-0.2, 0) is 0 Å². The Bertz CT molecular complexity index is 299. The van der Waals surface area contributed by atoms with E-state index in [1.54, 1.807) is 0 Å². The van der Waals surface area contributed by atoms with E-state index in [1.807, 2.05) is 25.1 Å². The minimum Gasteiger partial charge on any atom is -0.494 e. The van der Waals surface area contributed by atoms with Crippen molar-refractivity contribution < 1.29 is 4.74 Å². The van der Waals surface area contributed by atoms with Crippen molar-refractivity contribution in [3.8, 4) is 5.75 Å². The van der Waals surface area contributed by atoms with Crippen LogP contribution in [0.25, 0.3) is 0 Å². The summed E-state index contributed by atoms with van der Waals surface area (Å²) in [5, 5.41) is 0. The second-order valence-corrected chi connectivity index (χ2v) is 3.89. The lowest BCUT2D eigenvalue weighted by Gasteiger charge is -2.20. The number of hydrogen-bond acceptors (Lipinski definition) is 3. The van der Waals surface area contributed by atoms with Crippen LogP contribution < -0.4 is 16.0 Å². The molecule has 0 heterocycles. The van der Waals surface area contributed by atoms with E-state index in [9.17, 15) is 0 Å². The third-order valence-corrected chi connectivity index (χ3v) is 2.37. The van der Waals surface area contributed by atoms with Gasteiger partial charge >= 0.3 is 0 Å². The van der Waals surface area contributed by atoms with E-state index in [2.05, 4.69) is 25.3 Å².